The van der Waals surface area contributed by atoms with E-state index in [0.29, 0.717) is 5.92 Å². The van der Waals surface area contributed by atoms with Gasteiger partial charge in [-0.3, -0.25) is 4.99 Å². The third kappa shape index (κ3) is 4.53. The fraction of sp³-hybridized carbons (Fsp3) is 0.391. The predicted octanol–water partition coefficient (Wildman–Crippen LogP) is 3.41. The quantitative estimate of drug-likeness (QED) is 0.530. The van der Waals surface area contributed by atoms with Crippen LogP contribution in [0.25, 0.3) is 5.65 Å². The molecule has 4 rings (SSSR count). The Morgan fingerprint density at radius 2 is 2.04 bits per heavy atom. The zero-order chi connectivity index (χ0) is 19.2. The number of nitrogens with one attached hydrogen (secondary N) is 1. The monoisotopic (exact) mass is 375 g/mol. The number of hydrogen-bond acceptors (Lipinski definition) is 2. The Morgan fingerprint density at radius 1 is 1.18 bits per heavy atom. The number of imidazole rings is 1. The van der Waals surface area contributed by atoms with Gasteiger partial charge in [0.25, 0.3) is 0 Å². The SMILES string of the molecule is CCNC(=NCCc1cn2ccccc2n1)N1CCC(Cc2ccccc2)C1. The van der Waals surface area contributed by atoms with Crippen molar-refractivity contribution in [2.75, 3.05) is 26.2 Å². The van der Waals surface area contributed by atoms with Gasteiger partial charge in [0.1, 0.15) is 5.65 Å². The predicted molar refractivity (Wildman–Crippen MR) is 115 cm³/mol. The molecule has 0 bridgehead atoms. The molecule has 3 heterocycles. The van der Waals surface area contributed by atoms with Gasteiger partial charge in [0.05, 0.1) is 5.69 Å². The maximum absolute atomic E-state index is 4.88. The molecule has 2 aromatic heterocycles. The lowest BCUT2D eigenvalue weighted by molar-refractivity contribution is 0.460. The summed E-state index contributed by atoms with van der Waals surface area (Å²) in [6.45, 7) is 5.95. The summed E-state index contributed by atoms with van der Waals surface area (Å²) < 4.78 is 2.07. The van der Waals surface area contributed by atoms with Crippen molar-refractivity contribution < 1.29 is 0 Å². The maximum Gasteiger partial charge on any atom is 0.193 e. The van der Waals surface area contributed by atoms with Gasteiger partial charge in [-0.05, 0) is 43.4 Å². The standard InChI is InChI=1S/C23H29N5/c1-2-24-23(25-13-11-21-18-27-14-7-6-10-22(27)26-21)28-15-12-20(17-28)16-19-8-4-3-5-9-19/h3-10,14,18,20H,2,11-13,15-17H2,1H3,(H,24,25). The van der Waals surface area contributed by atoms with E-state index in [0.717, 1.165) is 56.3 Å². The largest absolute Gasteiger partial charge is 0.357 e. The summed E-state index contributed by atoms with van der Waals surface area (Å²) in [6, 6.07) is 16.9. The third-order valence-corrected chi connectivity index (χ3v) is 5.33. The smallest absolute Gasteiger partial charge is 0.193 e. The van der Waals surface area contributed by atoms with Crippen LogP contribution < -0.4 is 5.32 Å². The van der Waals surface area contributed by atoms with Gasteiger partial charge in [0, 0.05) is 45.0 Å². The maximum atomic E-state index is 4.88. The number of hydrogen-bond donors (Lipinski definition) is 1. The molecule has 5 nitrogen and oxygen atoms in total. The minimum absolute atomic E-state index is 0.699. The summed E-state index contributed by atoms with van der Waals surface area (Å²) in [5, 5.41) is 3.47. The number of pyridine rings is 1. The van der Waals surface area contributed by atoms with Gasteiger partial charge in [0.15, 0.2) is 5.96 Å². The number of aromatic nitrogens is 2. The topological polar surface area (TPSA) is 44.9 Å². The molecule has 1 aromatic carbocycles. The summed E-state index contributed by atoms with van der Waals surface area (Å²) in [7, 11) is 0. The Balaban J connectivity index is 1.35. The molecule has 1 atom stereocenters. The van der Waals surface area contributed by atoms with Crippen molar-refractivity contribution in [3.63, 3.8) is 0 Å². The summed E-state index contributed by atoms with van der Waals surface area (Å²) in [4.78, 5) is 12.0. The highest BCUT2D eigenvalue weighted by atomic mass is 15.3. The van der Waals surface area contributed by atoms with Gasteiger partial charge in [-0.25, -0.2) is 4.98 Å². The number of nitrogens with zero attached hydrogens (tertiary/aromatic N) is 4. The van der Waals surface area contributed by atoms with Crippen LogP contribution in [0.15, 0.2) is 65.9 Å². The fourth-order valence-electron chi connectivity index (χ4n) is 3.95. The van der Waals surface area contributed by atoms with Crippen LogP contribution in [0.3, 0.4) is 0 Å². The van der Waals surface area contributed by atoms with Gasteiger partial charge in [-0.1, -0.05) is 36.4 Å². The fourth-order valence-corrected chi connectivity index (χ4v) is 3.95. The van der Waals surface area contributed by atoms with Gasteiger partial charge in [-0.2, -0.15) is 0 Å². The van der Waals surface area contributed by atoms with E-state index in [-0.39, 0.29) is 0 Å². The number of rotatable bonds is 6. The van der Waals surface area contributed by atoms with Crippen LogP contribution in [0.5, 0.6) is 0 Å². The lowest BCUT2D eigenvalue weighted by atomic mass is 9.99. The molecule has 5 heteroatoms. The van der Waals surface area contributed by atoms with E-state index in [1.165, 1.54) is 12.0 Å². The number of guanidine groups is 1. The first-order valence-electron chi connectivity index (χ1n) is 10.3. The molecule has 28 heavy (non-hydrogen) atoms. The van der Waals surface area contributed by atoms with E-state index in [2.05, 4.69) is 63.1 Å². The molecule has 0 amide bonds. The third-order valence-electron chi connectivity index (χ3n) is 5.33. The van der Waals surface area contributed by atoms with E-state index in [4.69, 9.17) is 4.99 Å². The van der Waals surface area contributed by atoms with Crippen LogP contribution in [0.4, 0.5) is 0 Å². The second-order valence-corrected chi connectivity index (χ2v) is 7.47. The number of likely N-dealkylation sites (tertiary alicyclic amines) is 1. The van der Waals surface area contributed by atoms with Crippen molar-refractivity contribution in [2.45, 2.75) is 26.2 Å². The molecule has 0 saturated carbocycles. The van der Waals surface area contributed by atoms with Crippen LogP contribution in [0.2, 0.25) is 0 Å². The molecule has 0 aliphatic carbocycles. The molecular weight excluding hydrogens is 346 g/mol. The minimum Gasteiger partial charge on any atom is -0.357 e. The van der Waals surface area contributed by atoms with E-state index in [1.807, 2.05) is 24.4 Å². The molecule has 0 spiro atoms. The zero-order valence-corrected chi connectivity index (χ0v) is 16.6. The van der Waals surface area contributed by atoms with E-state index in [1.54, 1.807) is 0 Å². The molecule has 1 fully saturated rings. The van der Waals surface area contributed by atoms with E-state index in [9.17, 15) is 0 Å². The second-order valence-electron chi connectivity index (χ2n) is 7.47. The highest BCUT2D eigenvalue weighted by Crippen LogP contribution is 2.21. The highest BCUT2D eigenvalue weighted by molar-refractivity contribution is 5.80. The first-order chi connectivity index (χ1) is 13.8. The van der Waals surface area contributed by atoms with E-state index < -0.39 is 0 Å². The van der Waals surface area contributed by atoms with Crippen molar-refractivity contribution in [3.05, 3.63) is 72.2 Å². The zero-order valence-electron chi connectivity index (χ0n) is 16.6. The van der Waals surface area contributed by atoms with Crippen molar-refractivity contribution in [1.29, 1.82) is 0 Å². The number of benzene rings is 1. The molecule has 0 radical (unpaired) electrons. The summed E-state index contributed by atoms with van der Waals surface area (Å²) >= 11 is 0. The van der Waals surface area contributed by atoms with E-state index >= 15 is 0 Å². The summed E-state index contributed by atoms with van der Waals surface area (Å²) in [5.41, 5.74) is 3.52. The Kier molecular flexibility index (Phi) is 5.90. The van der Waals surface area contributed by atoms with Crippen LogP contribution in [0, 0.1) is 5.92 Å². The molecule has 1 N–H and O–H groups in total. The molecule has 1 aliphatic rings. The molecule has 1 saturated heterocycles. The van der Waals surface area contributed by atoms with Crippen LogP contribution in [-0.4, -0.2) is 46.4 Å². The lowest BCUT2D eigenvalue weighted by Crippen LogP contribution is -2.40. The average molecular weight is 376 g/mol. The molecule has 3 aromatic rings. The molecular formula is C23H29N5. The Hall–Kier alpha value is -2.82. The normalized spacial score (nSPS) is 17.4. The Labute approximate surface area is 167 Å². The minimum atomic E-state index is 0.699. The van der Waals surface area contributed by atoms with Crippen LogP contribution >= 0.6 is 0 Å². The van der Waals surface area contributed by atoms with Gasteiger partial charge < -0.3 is 14.6 Å². The Morgan fingerprint density at radius 3 is 2.86 bits per heavy atom. The van der Waals surface area contributed by atoms with Crippen molar-refractivity contribution >= 4 is 11.6 Å². The second kappa shape index (κ2) is 8.91. The first kappa shape index (κ1) is 18.5. The van der Waals surface area contributed by atoms with Crippen LogP contribution in [0.1, 0.15) is 24.6 Å². The van der Waals surface area contributed by atoms with Gasteiger partial charge >= 0.3 is 0 Å². The van der Waals surface area contributed by atoms with Crippen molar-refractivity contribution in [3.8, 4) is 0 Å². The number of fused-ring (bicyclic) bond motifs is 1. The molecule has 1 aliphatic heterocycles. The van der Waals surface area contributed by atoms with Crippen molar-refractivity contribution in [2.24, 2.45) is 10.9 Å². The highest BCUT2D eigenvalue weighted by Gasteiger charge is 2.24. The lowest BCUT2D eigenvalue weighted by Gasteiger charge is -2.21. The van der Waals surface area contributed by atoms with Crippen molar-refractivity contribution in [1.82, 2.24) is 19.6 Å². The molecule has 1 unspecified atom stereocenters. The first-order valence-corrected chi connectivity index (χ1v) is 10.3. The summed E-state index contributed by atoms with van der Waals surface area (Å²) in [5.74, 6) is 1.74. The molecule has 146 valence electrons. The summed E-state index contributed by atoms with van der Waals surface area (Å²) in [6.07, 6.45) is 7.38. The number of aliphatic imine (C=N–C) groups is 1. The average Bonchev–Trinajstić information content (AvgIpc) is 3.34. The van der Waals surface area contributed by atoms with Gasteiger partial charge in [0.2, 0.25) is 0 Å². The Bertz CT molecular complexity index is 882. The van der Waals surface area contributed by atoms with Crippen LogP contribution in [-0.2, 0) is 12.8 Å². The van der Waals surface area contributed by atoms with Gasteiger partial charge in [-0.15, -0.1) is 0 Å².